The first kappa shape index (κ1) is 13.5. The highest BCUT2D eigenvalue weighted by atomic mass is 19.1. The number of halogens is 1. The Kier molecular flexibility index (Phi) is 3.18. The van der Waals surface area contributed by atoms with Crippen molar-refractivity contribution in [3.8, 4) is 0 Å². The second kappa shape index (κ2) is 5.21. The Hall–Kier alpha value is -2.21. The first-order valence-electron chi connectivity index (χ1n) is 7.51. The third-order valence-corrected chi connectivity index (χ3v) is 4.20. The molecule has 1 fully saturated rings. The second-order valence-corrected chi connectivity index (χ2v) is 5.83. The molecular weight excluding hydrogens is 285 g/mol. The monoisotopic (exact) mass is 301 g/mol. The minimum Gasteiger partial charge on any atom is -0.360 e. The Bertz CT molecular complexity index is 737. The predicted molar refractivity (Wildman–Crippen MR) is 78.2 cm³/mol. The van der Waals surface area contributed by atoms with Crippen molar-refractivity contribution >= 4 is 11.6 Å². The van der Waals surface area contributed by atoms with Gasteiger partial charge in [-0.2, -0.15) is 0 Å². The van der Waals surface area contributed by atoms with Crippen LogP contribution in [0, 0.1) is 5.82 Å². The second-order valence-electron chi connectivity index (χ2n) is 5.83. The summed E-state index contributed by atoms with van der Waals surface area (Å²) in [6.07, 6.45) is 2.77. The Morgan fingerprint density at radius 3 is 3.09 bits per heavy atom. The van der Waals surface area contributed by atoms with E-state index in [1.165, 1.54) is 0 Å². The molecule has 2 aliphatic rings. The minimum absolute atomic E-state index is 0.195. The highest BCUT2D eigenvalue weighted by Crippen LogP contribution is 2.40. The van der Waals surface area contributed by atoms with Gasteiger partial charge in [-0.25, -0.2) is 4.39 Å². The third kappa shape index (κ3) is 2.39. The molecule has 1 amide bonds. The number of hydrogen-bond acceptors (Lipinski definition) is 4. The smallest absolute Gasteiger partial charge is 0.277 e. The molecule has 0 saturated heterocycles. The Morgan fingerprint density at radius 1 is 1.41 bits per heavy atom. The summed E-state index contributed by atoms with van der Waals surface area (Å²) in [5, 5.41) is 9.56. The number of rotatable bonds is 3. The summed E-state index contributed by atoms with van der Waals surface area (Å²) in [6.45, 7) is 1.41. The molecule has 0 unspecified atom stereocenters. The van der Waals surface area contributed by atoms with E-state index in [0.717, 1.165) is 30.7 Å². The summed E-state index contributed by atoms with van der Waals surface area (Å²) in [4.78, 5) is 12.2. The molecule has 0 atom stereocenters. The average molecular weight is 301 g/mol. The van der Waals surface area contributed by atoms with Gasteiger partial charge in [0.25, 0.3) is 5.91 Å². The molecular formula is C16H16FN3O2. The zero-order valence-electron chi connectivity index (χ0n) is 12.0. The number of benzene rings is 1. The van der Waals surface area contributed by atoms with Gasteiger partial charge < -0.3 is 15.2 Å². The molecule has 114 valence electrons. The number of carbonyl (C=O) groups is 1. The normalized spacial score (nSPS) is 17.1. The van der Waals surface area contributed by atoms with Crippen LogP contribution in [0.5, 0.6) is 0 Å². The van der Waals surface area contributed by atoms with Gasteiger partial charge in [-0.15, -0.1) is 0 Å². The Labute approximate surface area is 126 Å². The lowest BCUT2D eigenvalue weighted by atomic mass is 9.99. The van der Waals surface area contributed by atoms with Gasteiger partial charge in [-0.05, 0) is 43.0 Å². The van der Waals surface area contributed by atoms with Gasteiger partial charge in [0.1, 0.15) is 11.6 Å². The van der Waals surface area contributed by atoms with E-state index in [1.807, 2.05) is 6.07 Å². The SMILES string of the molecule is O=C(Nc1ccc2c(c1F)CCNC2)c1cc(C2CC2)on1. The molecule has 2 heterocycles. The van der Waals surface area contributed by atoms with Crippen LogP contribution in [-0.2, 0) is 13.0 Å². The van der Waals surface area contributed by atoms with Crippen LogP contribution in [0.3, 0.4) is 0 Å². The highest BCUT2D eigenvalue weighted by molar-refractivity contribution is 6.03. The largest absolute Gasteiger partial charge is 0.360 e. The van der Waals surface area contributed by atoms with Gasteiger partial charge in [-0.3, -0.25) is 4.79 Å². The first-order valence-corrected chi connectivity index (χ1v) is 7.51. The van der Waals surface area contributed by atoms with E-state index in [1.54, 1.807) is 12.1 Å². The van der Waals surface area contributed by atoms with E-state index in [0.29, 0.717) is 24.4 Å². The summed E-state index contributed by atoms with van der Waals surface area (Å²) < 4.78 is 19.6. The van der Waals surface area contributed by atoms with Crippen molar-refractivity contribution in [1.29, 1.82) is 0 Å². The fourth-order valence-corrected chi connectivity index (χ4v) is 2.77. The maximum Gasteiger partial charge on any atom is 0.277 e. The summed E-state index contributed by atoms with van der Waals surface area (Å²) in [5.41, 5.74) is 2.01. The standard InChI is InChI=1S/C16H16FN3O2/c17-15-11-5-6-18-8-10(11)3-4-12(15)19-16(21)13-7-14(22-20-13)9-1-2-9/h3-4,7,9,18H,1-2,5-6,8H2,(H,19,21). The van der Waals surface area contributed by atoms with Gasteiger partial charge in [-0.1, -0.05) is 11.2 Å². The molecule has 0 radical (unpaired) electrons. The molecule has 22 heavy (non-hydrogen) atoms. The number of aromatic nitrogens is 1. The molecule has 1 aromatic carbocycles. The van der Waals surface area contributed by atoms with Gasteiger partial charge in [0.05, 0.1) is 5.69 Å². The van der Waals surface area contributed by atoms with Crippen LogP contribution < -0.4 is 10.6 Å². The van der Waals surface area contributed by atoms with Gasteiger partial charge in [0.15, 0.2) is 5.69 Å². The van der Waals surface area contributed by atoms with Crippen LogP contribution in [0.15, 0.2) is 22.7 Å². The van der Waals surface area contributed by atoms with Crippen molar-refractivity contribution < 1.29 is 13.7 Å². The summed E-state index contributed by atoms with van der Waals surface area (Å²) >= 11 is 0. The zero-order valence-corrected chi connectivity index (χ0v) is 12.0. The number of nitrogens with one attached hydrogen (secondary N) is 2. The lowest BCUT2D eigenvalue weighted by molar-refractivity contribution is 0.101. The molecule has 0 spiro atoms. The van der Waals surface area contributed by atoms with Crippen molar-refractivity contribution in [3.05, 3.63) is 46.6 Å². The molecule has 5 nitrogen and oxygen atoms in total. The molecule has 1 aliphatic carbocycles. The summed E-state index contributed by atoms with van der Waals surface area (Å²) in [7, 11) is 0. The van der Waals surface area contributed by atoms with Crippen molar-refractivity contribution in [3.63, 3.8) is 0 Å². The van der Waals surface area contributed by atoms with Crippen molar-refractivity contribution in [1.82, 2.24) is 10.5 Å². The Morgan fingerprint density at radius 2 is 2.27 bits per heavy atom. The molecule has 2 N–H and O–H groups in total. The van der Waals surface area contributed by atoms with Crippen LogP contribution >= 0.6 is 0 Å². The predicted octanol–water partition coefficient (Wildman–Crippen LogP) is 2.59. The summed E-state index contributed by atoms with van der Waals surface area (Å²) in [5.74, 6) is 0.339. The summed E-state index contributed by atoms with van der Waals surface area (Å²) in [6, 6.07) is 5.09. The molecule has 0 bridgehead atoms. The fourth-order valence-electron chi connectivity index (χ4n) is 2.77. The number of fused-ring (bicyclic) bond motifs is 1. The van der Waals surface area contributed by atoms with Crippen LogP contribution in [0.4, 0.5) is 10.1 Å². The van der Waals surface area contributed by atoms with Gasteiger partial charge in [0, 0.05) is 18.5 Å². The minimum atomic E-state index is -0.441. The maximum absolute atomic E-state index is 14.5. The van der Waals surface area contributed by atoms with E-state index in [9.17, 15) is 9.18 Å². The number of carbonyl (C=O) groups excluding carboxylic acids is 1. The van der Waals surface area contributed by atoms with Crippen LogP contribution in [0.25, 0.3) is 0 Å². The van der Waals surface area contributed by atoms with E-state index < -0.39 is 5.91 Å². The van der Waals surface area contributed by atoms with Gasteiger partial charge in [0.2, 0.25) is 0 Å². The molecule has 1 saturated carbocycles. The van der Waals surface area contributed by atoms with E-state index in [-0.39, 0.29) is 17.2 Å². The highest BCUT2D eigenvalue weighted by Gasteiger charge is 2.29. The molecule has 1 aliphatic heterocycles. The fraction of sp³-hybridized carbons (Fsp3) is 0.375. The van der Waals surface area contributed by atoms with E-state index in [4.69, 9.17) is 4.52 Å². The molecule has 4 rings (SSSR count). The van der Waals surface area contributed by atoms with Crippen molar-refractivity contribution in [2.45, 2.75) is 31.7 Å². The lowest BCUT2D eigenvalue weighted by Gasteiger charge is -2.19. The maximum atomic E-state index is 14.5. The molecule has 1 aromatic heterocycles. The van der Waals surface area contributed by atoms with E-state index in [2.05, 4.69) is 15.8 Å². The number of amides is 1. The average Bonchev–Trinajstić information content (AvgIpc) is 3.27. The van der Waals surface area contributed by atoms with E-state index >= 15 is 0 Å². The van der Waals surface area contributed by atoms with Gasteiger partial charge >= 0.3 is 0 Å². The van der Waals surface area contributed by atoms with Crippen LogP contribution in [-0.4, -0.2) is 17.6 Å². The number of anilines is 1. The molecule has 2 aromatic rings. The number of hydrogen-bond donors (Lipinski definition) is 2. The van der Waals surface area contributed by atoms with Crippen LogP contribution in [0.1, 0.15) is 46.1 Å². The topological polar surface area (TPSA) is 67.2 Å². The van der Waals surface area contributed by atoms with Crippen LogP contribution in [0.2, 0.25) is 0 Å². The van der Waals surface area contributed by atoms with Crippen molar-refractivity contribution in [2.75, 3.05) is 11.9 Å². The van der Waals surface area contributed by atoms with Crippen molar-refractivity contribution in [2.24, 2.45) is 0 Å². The number of nitrogens with zero attached hydrogens (tertiary/aromatic N) is 1. The lowest BCUT2D eigenvalue weighted by Crippen LogP contribution is -2.25. The third-order valence-electron chi connectivity index (χ3n) is 4.20. The molecule has 6 heteroatoms. The first-order chi connectivity index (χ1) is 10.7. The zero-order chi connectivity index (χ0) is 15.1. The Balaban J connectivity index is 1.55. The quantitative estimate of drug-likeness (QED) is 0.914.